The summed E-state index contributed by atoms with van der Waals surface area (Å²) in [7, 11) is 4.61. The number of aliphatic carboxylic acids is 1. The molecule has 0 aliphatic heterocycles. The second-order valence-electron chi connectivity index (χ2n) is 4.63. The fourth-order valence-corrected chi connectivity index (χ4v) is 1.51. The summed E-state index contributed by atoms with van der Waals surface area (Å²) >= 11 is 1.61. The zero-order chi connectivity index (χ0) is 17.7. The Kier molecular flexibility index (Phi) is 12.4. The van der Waals surface area contributed by atoms with Gasteiger partial charge in [-0.25, -0.2) is 0 Å². The molecule has 128 valence electrons. The molecule has 7 heteroatoms. The molecule has 0 aliphatic carbocycles. The van der Waals surface area contributed by atoms with Gasteiger partial charge in [0.15, 0.2) is 0 Å². The summed E-state index contributed by atoms with van der Waals surface area (Å²) in [6.45, 7) is 3.65. The number of carboxylic acids is 1. The molecule has 23 heavy (non-hydrogen) atoms. The van der Waals surface area contributed by atoms with Crippen molar-refractivity contribution in [2.45, 2.75) is 26.3 Å². The third-order valence-electron chi connectivity index (χ3n) is 3.07. The van der Waals surface area contributed by atoms with Gasteiger partial charge in [-0.1, -0.05) is 38.3 Å². The minimum atomic E-state index is -1.02. The maximum Gasteiger partial charge on any atom is 0.0886 e. The van der Waals surface area contributed by atoms with Gasteiger partial charge < -0.3 is 10.8 Å². The van der Waals surface area contributed by atoms with Crippen LogP contribution in [0.1, 0.15) is 20.3 Å². The van der Waals surface area contributed by atoms with Gasteiger partial charge in [-0.15, -0.1) is 0 Å². The SMILES string of the molecule is CCC(C)C([NH-])C(=O)O.[Cl][Pt+].c1ccc(-c2ccccn2)nc1. The van der Waals surface area contributed by atoms with Crippen molar-refractivity contribution in [2.75, 3.05) is 0 Å². The van der Waals surface area contributed by atoms with E-state index in [2.05, 4.69) is 19.4 Å². The van der Waals surface area contributed by atoms with E-state index in [4.69, 9.17) is 10.8 Å². The number of hydrogen-bond donors (Lipinski definition) is 1. The van der Waals surface area contributed by atoms with E-state index >= 15 is 0 Å². The van der Waals surface area contributed by atoms with Crippen LogP contribution in [0.5, 0.6) is 0 Å². The summed E-state index contributed by atoms with van der Waals surface area (Å²) in [5.41, 5.74) is 8.86. The van der Waals surface area contributed by atoms with Crippen LogP contribution in [0.2, 0.25) is 0 Å². The predicted molar refractivity (Wildman–Crippen MR) is 88.5 cm³/mol. The second-order valence-corrected chi connectivity index (χ2v) is 4.63. The quantitative estimate of drug-likeness (QED) is 0.654. The molecule has 2 atom stereocenters. The van der Waals surface area contributed by atoms with E-state index in [1.54, 1.807) is 38.1 Å². The number of aromatic nitrogens is 2. The van der Waals surface area contributed by atoms with E-state index in [9.17, 15) is 4.79 Å². The standard InChI is InChI=1S/C10H8N2.C6H12NO2.ClH.Pt/c1-3-7-11-9(5-1)10-6-2-4-8-12-10;1-3-4(2)5(7)6(8)9;;/h1-8H;4-5,7H,3H2,1-2H3,(H,8,9);1H;/q;-1;;+2/p-1. The fraction of sp³-hybridized carbons (Fsp3) is 0.312. The molecule has 0 radical (unpaired) electrons. The summed E-state index contributed by atoms with van der Waals surface area (Å²) in [5, 5.41) is 8.30. The maximum absolute atomic E-state index is 10.1. The Morgan fingerprint density at radius 1 is 1.17 bits per heavy atom. The molecule has 0 spiro atoms. The van der Waals surface area contributed by atoms with E-state index in [-0.39, 0.29) is 5.92 Å². The Bertz CT molecular complexity index is 506. The summed E-state index contributed by atoms with van der Waals surface area (Å²) < 4.78 is 0. The molecule has 0 amide bonds. The van der Waals surface area contributed by atoms with Gasteiger partial charge in [0, 0.05) is 12.4 Å². The molecule has 2 N–H and O–H groups in total. The van der Waals surface area contributed by atoms with Crippen LogP contribution in [0.4, 0.5) is 0 Å². The van der Waals surface area contributed by atoms with Crippen LogP contribution in [0.15, 0.2) is 48.8 Å². The van der Waals surface area contributed by atoms with Gasteiger partial charge in [-0.2, -0.15) is 0 Å². The number of hydrogen-bond acceptors (Lipinski definition) is 3. The van der Waals surface area contributed by atoms with Crippen LogP contribution < -0.4 is 0 Å². The number of nitrogens with one attached hydrogen (secondary N) is 1. The molecular weight excluding hydrogens is 497 g/mol. The van der Waals surface area contributed by atoms with Crippen molar-refractivity contribution in [2.24, 2.45) is 5.92 Å². The van der Waals surface area contributed by atoms with Crippen molar-refractivity contribution >= 4 is 15.4 Å². The van der Waals surface area contributed by atoms with E-state index in [1.165, 1.54) is 0 Å². The molecule has 2 aromatic rings. The van der Waals surface area contributed by atoms with Crippen molar-refractivity contribution < 1.29 is 28.7 Å². The molecule has 0 saturated heterocycles. The van der Waals surface area contributed by atoms with Gasteiger partial charge >= 0.3 is 28.2 Å². The van der Waals surface area contributed by atoms with Gasteiger partial charge in [-0.3, -0.25) is 14.8 Å². The molecule has 0 bridgehead atoms. The fourth-order valence-electron chi connectivity index (χ4n) is 1.51. The second kappa shape index (κ2) is 13.2. The third kappa shape index (κ3) is 8.79. The van der Waals surface area contributed by atoms with E-state index < -0.39 is 12.0 Å². The van der Waals surface area contributed by atoms with Gasteiger partial charge in [0.2, 0.25) is 0 Å². The van der Waals surface area contributed by atoms with Crippen molar-refractivity contribution in [1.29, 1.82) is 0 Å². The first kappa shape index (κ1) is 21.7. The average Bonchev–Trinajstić information content (AvgIpc) is 2.64. The number of carbonyl (C=O) groups is 1. The Balaban J connectivity index is 0.000000396. The molecule has 2 unspecified atom stereocenters. The molecule has 0 fully saturated rings. The van der Waals surface area contributed by atoms with Crippen LogP contribution in [0.25, 0.3) is 17.1 Å². The van der Waals surface area contributed by atoms with Crippen LogP contribution in [0.3, 0.4) is 0 Å². The molecular formula is C16H20ClN3O2Pt. The van der Waals surface area contributed by atoms with Crippen LogP contribution in [0, 0.1) is 5.92 Å². The number of nitrogens with zero attached hydrogens (tertiary/aromatic N) is 2. The molecule has 2 aromatic heterocycles. The Labute approximate surface area is 152 Å². The first-order valence-electron chi connectivity index (χ1n) is 6.94. The van der Waals surface area contributed by atoms with Crippen molar-refractivity contribution in [3.63, 3.8) is 0 Å². The Morgan fingerprint density at radius 3 is 1.83 bits per heavy atom. The minimum absolute atomic E-state index is 0.0394. The van der Waals surface area contributed by atoms with Crippen molar-refractivity contribution in [3.05, 3.63) is 54.5 Å². The normalized spacial score (nSPS) is 11.9. The first-order chi connectivity index (χ1) is 11.1. The van der Waals surface area contributed by atoms with Gasteiger partial charge in [0.1, 0.15) is 0 Å². The number of rotatable bonds is 4. The zero-order valence-corrected chi connectivity index (χ0v) is 16.0. The van der Waals surface area contributed by atoms with Crippen molar-refractivity contribution in [3.8, 4) is 11.4 Å². The van der Waals surface area contributed by atoms with E-state index in [1.807, 2.05) is 43.3 Å². The summed E-state index contributed by atoms with van der Waals surface area (Å²) in [6, 6.07) is 10.6. The minimum Gasteiger partial charge on any atom is -0.255 e. The topological polar surface area (TPSA) is 86.9 Å². The van der Waals surface area contributed by atoms with Crippen molar-refractivity contribution in [1.82, 2.24) is 9.97 Å². The molecule has 2 rings (SSSR count). The summed E-state index contributed by atoms with van der Waals surface area (Å²) in [6.07, 6.45) is 4.29. The molecule has 2 heterocycles. The third-order valence-corrected chi connectivity index (χ3v) is 3.07. The van der Waals surface area contributed by atoms with Gasteiger partial charge in [0.25, 0.3) is 5.97 Å². The molecule has 0 aromatic carbocycles. The van der Waals surface area contributed by atoms with E-state index in [0.29, 0.717) is 0 Å². The number of halogens is 1. The summed E-state index contributed by atoms with van der Waals surface area (Å²) in [4.78, 5) is 18.5. The maximum atomic E-state index is 10.1. The van der Waals surface area contributed by atoms with E-state index in [0.717, 1.165) is 17.8 Å². The zero-order valence-electron chi connectivity index (χ0n) is 12.9. The summed E-state index contributed by atoms with van der Waals surface area (Å²) in [5.74, 6) is -1.06. The monoisotopic (exact) mass is 516 g/mol. The van der Waals surface area contributed by atoms with Gasteiger partial charge in [-0.05, 0) is 30.3 Å². The largest absolute Gasteiger partial charge is 0.255 e. The van der Waals surface area contributed by atoms with Crippen LogP contribution >= 0.6 is 9.42 Å². The molecule has 0 saturated carbocycles. The van der Waals surface area contributed by atoms with Crippen LogP contribution in [-0.2, 0) is 23.6 Å². The Hall–Kier alpha value is -1.29. The average molecular weight is 517 g/mol. The number of pyridine rings is 2. The Morgan fingerprint density at radius 2 is 1.61 bits per heavy atom. The smallest absolute Gasteiger partial charge is 0.0886 e. The predicted octanol–water partition coefficient (Wildman–Crippen LogP) is 4.37. The van der Waals surface area contributed by atoms with Gasteiger partial charge in [0.05, 0.1) is 11.4 Å². The first-order valence-corrected chi connectivity index (χ1v) is 9.76. The molecule has 0 aliphatic rings. The number of carboxylic acid groups (broad SMARTS) is 1. The molecule has 5 nitrogen and oxygen atoms in total. The van der Waals surface area contributed by atoms with Crippen LogP contribution in [-0.4, -0.2) is 27.1 Å².